The molecule has 200 valence electrons. The van der Waals surface area contributed by atoms with Crippen molar-refractivity contribution in [2.45, 2.75) is 82.3 Å². The molecule has 1 aromatic carbocycles. The van der Waals surface area contributed by atoms with Crippen molar-refractivity contribution in [3.8, 4) is 0 Å². The van der Waals surface area contributed by atoms with Crippen molar-refractivity contribution in [2.24, 2.45) is 22.7 Å². The second-order valence-corrected chi connectivity index (χ2v) is 12.1. The molecule has 0 amide bonds. The van der Waals surface area contributed by atoms with Crippen LogP contribution in [-0.2, 0) is 28.5 Å². The quantitative estimate of drug-likeness (QED) is 0.360. The van der Waals surface area contributed by atoms with Gasteiger partial charge in [0.2, 0.25) is 0 Å². The number of carbonyl (C=O) groups is 2. The maximum absolute atomic E-state index is 13.8. The topological polar surface area (TPSA) is 115 Å². The Kier molecular flexibility index (Phi) is 5.75. The standard InChI is InChI=1S/C29H36O8/c1-17-22(32)24(37-21(31)10-9-18-7-5-4-6-8-18)27(3)23(19(30)11-12-29(27)16-35-29)26(17,2)20-15-28(33)13-14-34-25(28)36-20/h4-10,17,20,22-25,32-33H,11-16H2,1-3H3/b10-9+/t17-,20+,22-,23-,24+,25+,26-,27+,28-,29+/m1/s1. The number of aliphatic hydroxyl groups is 2. The minimum atomic E-state index is -1.11. The van der Waals surface area contributed by atoms with Crippen molar-refractivity contribution in [3.63, 3.8) is 0 Å². The van der Waals surface area contributed by atoms with E-state index in [1.165, 1.54) is 6.08 Å². The van der Waals surface area contributed by atoms with Crippen LogP contribution < -0.4 is 0 Å². The van der Waals surface area contributed by atoms with Crippen LogP contribution in [0.5, 0.6) is 0 Å². The van der Waals surface area contributed by atoms with Gasteiger partial charge in [-0.3, -0.25) is 4.79 Å². The SMILES string of the molecule is C[C@@H]1[C@@H](O)[C@H](OC(=O)/C=C/c2ccccc2)[C@]2(C)[C@H](C(=O)CC[C@]23CO3)[C@@]1(C)[C@@H]1C[C@]2(O)CCO[C@H]2O1. The third kappa shape index (κ3) is 3.53. The Bertz CT molecular complexity index is 1110. The van der Waals surface area contributed by atoms with Crippen LogP contribution in [0, 0.1) is 22.7 Å². The Morgan fingerprint density at radius 1 is 1.19 bits per heavy atom. The van der Waals surface area contributed by atoms with Crippen LogP contribution in [0.2, 0.25) is 0 Å². The first-order valence-corrected chi connectivity index (χ1v) is 13.3. The molecular weight excluding hydrogens is 476 g/mol. The van der Waals surface area contributed by atoms with Crippen LogP contribution in [-0.4, -0.2) is 71.0 Å². The van der Waals surface area contributed by atoms with Gasteiger partial charge < -0.3 is 29.2 Å². The molecule has 8 nitrogen and oxygen atoms in total. The maximum Gasteiger partial charge on any atom is 0.331 e. The summed E-state index contributed by atoms with van der Waals surface area (Å²) in [6.07, 6.45) is 1.44. The Labute approximate surface area is 216 Å². The number of epoxide rings is 1. The van der Waals surface area contributed by atoms with E-state index in [9.17, 15) is 19.8 Å². The number of fused-ring (bicyclic) bond motifs is 3. The molecule has 2 N–H and O–H groups in total. The zero-order chi connectivity index (χ0) is 26.2. The maximum atomic E-state index is 13.8. The number of rotatable bonds is 4. The number of hydrogen-bond donors (Lipinski definition) is 2. The first-order valence-electron chi connectivity index (χ1n) is 13.3. The minimum Gasteiger partial charge on any atom is -0.456 e. The van der Waals surface area contributed by atoms with E-state index in [0.717, 1.165) is 5.56 Å². The molecule has 3 saturated heterocycles. The van der Waals surface area contributed by atoms with Gasteiger partial charge in [0.1, 0.15) is 23.1 Å². The smallest absolute Gasteiger partial charge is 0.331 e. The Morgan fingerprint density at radius 3 is 2.59 bits per heavy atom. The summed E-state index contributed by atoms with van der Waals surface area (Å²) in [6, 6.07) is 9.42. The third-order valence-electron chi connectivity index (χ3n) is 10.4. The van der Waals surface area contributed by atoms with Gasteiger partial charge in [-0.1, -0.05) is 51.1 Å². The molecule has 10 atom stereocenters. The highest BCUT2D eigenvalue weighted by molar-refractivity contribution is 5.88. The second-order valence-electron chi connectivity index (χ2n) is 12.1. The lowest BCUT2D eigenvalue weighted by Crippen LogP contribution is -2.73. The lowest BCUT2D eigenvalue weighted by atomic mass is 9.41. The van der Waals surface area contributed by atoms with Gasteiger partial charge in [-0.25, -0.2) is 4.79 Å². The van der Waals surface area contributed by atoms with Crippen molar-refractivity contribution >= 4 is 17.8 Å². The number of hydrogen-bond acceptors (Lipinski definition) is 8. The highest BCUT2D eigenvalue weighted by atomic mass is 16.7. The molecule has 3 aliphatic heterocycles. The number of ether oxygens (including phenoxy) is 4. The molecule has 0 aromatic heterocycles. The molecule has 1 aromatic rings. The van der Waals surface area contributed by atoms with Gasteiger partial charge in [0.15, 0.2) is 6.29 Å². The Balaban J connectivity index is 1.36. The molecule has 0 radical (unpaired) electrons. The van der Waals surface area contributed by atoms with Gasteiger partial charge in [0.25, 0.3) is 0 Å². The molecule has 1 spiro atoms. The first kappa shape index (κ1) is 25.2. The van der Waals surface area contributed by atoms with Crippen molar-refractivity contribution in [1.82, 2.24) is 0 Å². The minimum absolute atomic E-state index is 0.0549. The highest BCUT2D eigenvalue weighted by Crippen LogP contribution is 2.69. The zero-order valence-corrected chi connectivity index (χ0v) is 21.6. The van der Waals surface area contributed by atoms with Crippen LogP contribution in [0.15, 0.2) is 36.4 Å². The highest BCUT2D eigenvalue weighted by Gasteiger charge is 2.78. The van der Waals surface area contributed by atoms with E-state index < -0.39 is 64.4 Å². The predicted octanol–water partition coefficient (Wildman–Crippen LogP) is 2.65. The average Bonchev–Trinajstić information content (AvgIpc) is 3.48. The number of aliphatic hydroxyl groups excluding tert-OH is 1. The van der Waals surface area contributed by atoms with E-state index in [1.54, 1.807) is 6.08 Å². The summed E-state index contributed by atoms with van der Waals surface area (Å²) in [5.74, 6) is -1.59. The summed E-state index contributed by atoms with van der Waals surface area (Å²) < 4.78 is 24.0. The summed E-state index contributed by atoms with van der Waals surface area (Å²) in [5, 5.41) is 22.9. The number of Topliss-reactive ketones (excluding diaryl/α,β-unsaturated/α-hetero) is 1. The largest absolute Gasteiger partial charge is 0.456 e. The molecule has 6 rings (SSSR count). The van der Waals surface area contributed by atoms with Crippen LogP contribution in [0.25, 0.3) is 6.08 Å². The summed E-state index contributed by atoms with van der Waals surface area (Å²) in [4.78, 5) is 26.8. The van der Waals surface area contributed by atoms with Crippen LogP contribution >= 0.6 is 0 Å². The number of ketones is 1. The summed E-state index contributed by atoms with van der Waals surface area (Å²) >= 11 is 0. The molecule has 0 unspecified atom stereocenters. The van der Waals surface area contributed by atoms with Crippen LogP contribution in [0.1, 0.15) is 52.0 Å². The molecular formula is C29H36O8. The number of benzene rings is 1. The van der Waals surface area contributed by atoms with Crippen LogP contribution in [0.4, 0.5) is 0 Å². The van der Waals surface area contributed by atoms with E-state index in [1.807, 2.05) is 51.1 Å². The van der Waals surface area contributed by atoms with Gasteiger partial charge in [0, 0.05) is 42.1 Å². The average molecular weight is 513 g/mol. The molecule has 5 fully saturated rings. The second kappa shape index (κ2) is 8.45. The van der Waals surface area contributed by atoms with E-state index >= 15 is 0 Å². The van der Waals surface area contributed by atoms with Gasteiger partial charge in [-0.05, 0) is 24.0 Å². The van der Waals surface area contributed by atoms with Gasteiger partial charge in [-0.15, -0.1) is 0 Å². The van der Waals surface area contributed by atoms with Crippen molar-refractivity contribution < 1.29 is 38.7 Å². The Morgan fingerprint density at radius 2 is 1.92 bits per heavy atom. The van der Waals surface area contributed by atoms with Gasteiger partial charge >= 0.3 is 5.97 Å². The van der Waals surface area contributed by atoms with Crippen molar-refractivity contribution in [1.29, 1.82) is 0 Å². The predicted molar refractivity (Wildman–Crippen MR) is 132 cm³/mol. The summed E-state index contributed by atoms with van der Waals surface area (Å²) in [5.41, 5.74) is -2.72. The lowest BCUT2D eigenvalue weighted by molar-refractivity contribution is -0.263. The molecule has 37 heavy (non-hydrogen) atoms. The normalized spacial score (nSPS) is 48.7. The molecule has 8 heteroatoms. The number of carbonyl (C=O) groups excluding carboxylic acids is 2. The van der Waals surface area contributed by atoms with E-state index in [4.69, 9.17) is 18.9 Å². The van der Waals surface area contributed by atoms with E-state index in [2.05, 4.69) is 0 Å². The Hall–Kier alpha value is -2.10. The third-order valence-corrected chi connectivity index (χ3v) is 10.4. The fraction of sp³-hybridized carbons (Fsp3) is 0.655. The number of esters is 1. The van der Waals surface area contributed by atoms with Crippen molar-refractivity contribution in [3.05, 3.63) is 42.0 Å². The zero-order valence-electron chi connectivity index (χ0n) is 21.6. The summed E-state index contributed by atoms with van der Waals surface area (Å²) in [7, 11) is 0. The van der Waals surface area contributed by atoms with Gasteiger partial charge in [-0.2, -0.15) is 0 Å². The fourth-order valence-corrected chi connectivity index (χ4v) is 7.97. The van der Waals surface area contributed by atoms with E-state index in [0.29, 0.717) is 38.9 Å². The lowest BCUT2D eigenvalue weighted by Gasteiger charge is -2.63. The van der Waals surface area contributed by atoms with E-state index in [-0.39, 0.29) is 5.78 Å². The van der Waals surface area contributed by atoms with Gasteiger partial charge in [0.05, 0.1) is 25.4 Å². The first-order chi connectivity index (χ1) is 17.5. The van der Waals surface area contributed by atoms with Crippen LogP contribution in [0.3, 0.4) is 0 Å². The molecule has 0 bridgehead atoms. The summed E-state index contributed by atoms with van der Waals surface area (Å²) in [6.45, 7) is 6.66. The fourth-order valence-electron chi connectivity index (χ4n) is 7.97. The molecule has 2 saturated carbocycles. The molecule has 3 heterocycles. The molecule has 5 aliphatic rings. The van der Waals surface area contributed by atoms with Crippen molar-refractivity contribution in [2.75, 3.05) is 13.2 Å². The monoisotopic (exact) mass is 512 g/mol. The molecule has 2 aliphatic carbocycles.